The summed E-state index contributed by atoms with van der Waals surface area (Å²) in [5, 5.41) is 3.16. The van der Waals surface area contributed by atoms with E-state index in [4.69, 9.17) is 4.74 Å². The van der Waals surface area contributed by atoms with Gasteiger partial charge in [0.15, 0.2) is 0 Å². The Bertz CT molecular complexity index is 519. The minimum absolute atomic E-state index is 0.486. The van der Waals surface area contributed by atoms with Gasteiger partial charge < -0.3 is 10.1 Å². The van der Waals surface area contributed by atoms with Gasteiger partial charge in [-0.05, 0) is 36.7 Å². The van der Waals surface area contributed by atoms with Crippen LogP contribution in [0.1, 0.15) is 35.1 Å². The van der Waals surface area contributed by atoms with Crippen LogP contribution in [0.3, 0.4) is 0 Å². The Morgan fingerprint density at radius 3 is 2.58 bits per heavy atom. The lowest BCUT2D eigenvalue weighted by Gasteiger charge is -2.13. The Kier molecular flexibility index (Phi) is 5.00. The summed E-state index contributed by atoms with van der Waals surface area (Å²) in [5.41, 5.74) is 1.27. The lowest BCUT2D eigenvalue weighted by atomic mass is 10.0. The van der Waals surface area contributed by atoms with Crippen LogP contribution in [0.5, 0.6) is 5.75 Å². The molecule has 1 heterocycles. The van der Waals surface area contributed by atoms with Crippen molar-refractivity contribution in [2.75, 3.05) is 7.05 Å². The molecule has 19 heavy (non-hydrogen) atoms. The average Bonchev–Trinajstić information content (AvgIpc) is 2.85. The largest absolute Gasteiger partial charge is 0.488 e. The maximum Gasteiger partial charge on any atom is 0.123 e. The second-order valence-electron chi connectivity index (χ2n) is 4.88. The topological polar surface area (TPSA) is 21.3 Å². The molecule has 0 amide bonds. The highest BCUT2D eigenvalue weighted by molar-refractivity contribution is 7.11. The molecule has 3 heteroatoms. The van der Waals surface area contributed by atoms with Crippen molar-refractivity contribution in [3.8, 4) is 5.75 Å². The van der Waals surface area contributed by atoms with Crippen molar-refractivity contribution in [1.82, 2.24) is 5.32 Å². The SMILES string of the molecule is CNCc1ccc(COc2ccccc2C(C)C)s1. The first-order valence-corrected chi connectivity index (χ1v) is 7.46. The van der Waals surface area contributed by atoms with Crippen LogP contribution in [0.4, 0.5) is 0 Å². The number of nitrogens with one attached hydrogen (secondary N) is 1. The summed E-state index contributed by atoms with van der Waals surface area (Å²) in [5.74, 6) is 1.49. The van der Waals surface area contributed by atoms with Crippen molar-refractivity contribution < 1.29 is 4.74 Å². The van der Waals surface area contributed by atoms with Crippen LogP contribution in [0.25, 0.3) is 0 Å². The molecule has 0 aliphatic carbocycles. The summed E-state index contributed by atoms with van der Waals surface area (Å²) < 4.78 is 5.97. The molecule has 1 aromatic heterocycles. The van der Waals surface area contributed by atoms with Crippen LogP contribution in [-0.2, 0) is 13.2 Å². The van der Waals surface area contributed by atoms with Crippen LogP contribution >= 0.6 is 11.3 Å². The van der Waals surface area contributed by atoms with Gasteiger partial charge in [-0.15, -0.1) is 11.3 Å². The number of rotatable bonds is 6. The molecule has 0 spiro atoms. The van der Waals surface area contributed by atoms with E-state index in [9.17, 15) is 0 Å². The standard InChI is InChI=1S/C16H21NOS/c1-12(2)15-6-4-5-7-16(15)18-11-14-9-8-13(19-14)10-17-3/h4-9,12,17H,10-11H2,1-3H3. The van der Waals surface area contributed by atoms with Crippen LogP contribution < -0.4 is 10.1 Å². The van der Waals surface area contributed by atoms with E-state index in [1.165, 1.54) is 15.3 Å². The van der Waals surface area contributed by atoms with E-state index in [1.54, 1.807) is 11.3 Å². The van der Waals surface area contributed by atoms with Gasteiger partial charge in [0.2, 0.25) is 0 Å². The fourth-order valence-electron chi connectivity index (χ4n) is 2.01. The highest BCUT2D eigenvalue weighted by Gasteiger charge is 2.07. The molecule has 1 N–H and O–H groups in total. The summed E-state index contributed by atoms with van der Waals surface area (Å²) in [6.07, 6.45) is 0. The molecule has 102 valence electrons. The van der Waals surface area contributed by atoms with Gasteiger partial charge in [0.25, 0.3) is 0 Å². The Balaban J connectivity index is 2.01. The Hall–Kier alpha value is -1.32. The van der Waals surface area contributed by atoms with Crippen molar-refractivity contribution in [3.63, 3.8) is 0 Å². The molecular weight excluding hydrogens is 254 g/mol. The first-order valence-electron chi connectivity index (χ1n) is 6.64. The summed E-state index contributed by atoms with van der Waals surface area (Å²) in [4.78, 5) is 2.61. The zero-order chi connectivity index (χ0) is 13.7. The summed E-state index contributed by atoms with van der Waals surface area (Å²) in [6, 6.07) is 12.6. The molecule has 0 aliphatic rings. The number of para-hydroxylation sites is 1. The number of thiophene rings is 1. The molecular formula is C16H21NOS. The molecule has 2 nitrogen and oxygen atoms in total. The third-order valence-corrected chi connectivity index (χ3v) is 4.04. The third kappa shape index (κ3) is 3.82. The zero-order valence-electron chi connectivity index (χ0n) is 11.8. The van der Waals surface area contributed by atoms with Gasteiger partial charge in [-0.2, -0.15) is 0 Å². The highest BCUT2D eigenvalue weighted by Crippen LogP contribution is 2.27. The van der Waals surface area contributed by atoms with E-state index >= 15 is 0 Å². The van der Waals surface area contributed by atoms with Crippen molar-refractivity contribution >= 4 is 11.3 Å². The predicted octanol–water partition coefficient (Wildman–Crippen LogP) is 4.17. The molecule has 0 saturated heterocycles. The minimum Gasteiger partial charge on any atom is -0.488 e. The van der Waals surface area contributed by atoms with E-state index in [2.05, 4.69) is 49.5 Å². The van der Waals surface area contributed by atoms with Gasteiger partial charge >= 0.3 is 0 Å². The molecule has 1 aromatic carbocycles. The molecule has 0 bridgehead atoms. The van der Waals surface area contributed by atoms with Crippen molar-refractivity contribution in [1.29, 1.82) is 0 Å². The van der Waals surface area contributed by atoms with E-state index in [0.29, 0.717) is 12.5 Å². The maximum absolute atomic E-state index is 5.97. The molecule has 0 fully saturated rings. The van der Waals surface area contributed by atoms with Gasteiger partial charge in [-0.1, -0.05) is 32.0 Å². The molecule has 0 aliphatic heterocycles. The normalized spacial score (nSPS) is 10.9. The van der Waals surface area contributed by atoms with Crippen LogP contribution in [0, 0.1) is 0 Å². The molecule has 0 atom stereocenters. The highest BCUT2D eigenvalue weighted by atomic mass is 32.1. The second kappa shape index (κ2) is 6.73. The van der Waals surface area contributed by atoms with E-state index in [-0.39, 0.29) is 0 Å². The third-order valence-electron chi connectivity index (χ3n) is 2.98. The first kappa shape index (κ1) is 14.1. The van der Waals surface area contributed by atoms with Gasteiger partial charge in [-0.25, -0.2) is 0 Å². The number of hydrogen-bond acceptors (Lipinski definition) is 3. The fourth-order valence-corrected chi connectivity index (χ4v) is 2.95. The molecule has 2 aromatic rings. The lowest BCUT2D eigenvalue weighted by Crippen LogP contribution is -2.02. The van der Waals surface area contributed by atoms with Gasteiger partial charge in [0, 0.05) is 16.3 Å². The number of benzene rings is 1. The first-order chi connectivity index (χ1) is 9.20. The molecule has 0 saturated carbocycles. The van der Waals surface area contributed by atoms with Crippen molar-refractivity contribution in [2.24, 2.45) is 0 Å². The minimum atomic E-state index is 0.486. The summed E-state index contributed by atoms with van der Waals surface area (Å²) in [6.45, 7) is 5.96. The molecule has 0 unspecified atom stereocenters. The van der Waals surface area contributed by atoms with Crippen LogP contribution in [-0.4, -0.2) is 7.05 Å². The Morgan fingerprint density at radius 2 is 1.84 bits per heavy atom. The molecule has 0 radical (unpaired) electrons. The zero-order valence-corrected chi connectivity index (χ0v) is 12.6. The number of hydrogen-bond donors (Lipinski definition) is 1. The van der Waals surface area contributed by atoms with E-state index < -0.39 is 0 Å². The maximum atomic E-state index is 5.97. The van der Waals surface area contributed by atoms with Crippen LogP contribution in [0.15, 0.2) is 36.4 Å². The van der Waals surface area contributed by atoms with Gasteiger partial charge in [-0.3, -0.25) is 0 Å². The second-order valence-corrected chi connectivity index (χ2v) is 6.13. The quantitative estimate of drug-likeness (QED) is 0.854. The average molecular weight is 275 g/mol. The number of ether oxygens (including phenoxy) is 1. The predicted molar refractivity (Wildman–Crippen MR) is 81.9 cm³/mol. The fraction of sp³-hybridized carbons (Fsp3) is 0.375. The smallest absolute Gasteiger partial charge is 0.123 e. The summed E-state index contributed by atoms with van der Waals surface area (Å²) in [7, 11) is 1.97. The van der Waals surface area contributed by atoms with E-state index in [1.807, 2.05) is 13.1 Å². The van der Waals surface area contributed by atoms with Gasteiger partial charge in [0.05, 0.1) is 0 Å². The Morgan fingerprint density at radius 1 is 1.11 bits per heavy atom. The van der Waals surface area contributed by atoms with E-state index in [0.717, 1.165) is 12.3 Å². The molecule has 2 rings (SSSR count). The Labute approximate surface area is 119 Å². The van der Waals surface area contributed by atoms with Crippen LogP contribution in [0.2, 0.25) is 0 Å². The lowest BCUT2D eigenvalue weighted by molar-refractivity contribution is 0.305. The monoisotopic (exact) mass is 275 g/mol. The summed E-state index contributed by atoms with van der Waals surface area (Å²) >= 11 is 1.80. The van der Waals surface area contributed by atoms with Crippen molar-refractivity contribution in [3.05, 3.63) is 51.7 Å². The van der Waals surface area contributed by atoms with Crippen molar-refractivity contribution in [2.45, 2.75) is 32.9 Å². The van der Waals surface area contributed by atoms with Gasteiger partial charge in [0.1, 0.15) is 12.4 Å².